The fourth-order valence-corrected chi connectivity index (χ4v) is 10.1. The number of oxime groups is 1. The van der Waals surface area contributed by atoms with Gasteiger partial charge in [0.05, 0.1) is 43.4 Å². The molecule has 3 aromatic rings. The van der Waals surface area contributed by atoms with Crippen LogP contribution in [-0.2, 0) is 16.0 Å². The second-order valence-corrected chi connectivity index (χ2v) is 16.0. The standard InChI is InChI=1S/C45H57N3O9S/c1-5-24-54-45-41(58-25-19-30-17-20-46-21-18-30)29-38(48-55-6-2)35-26-31(11-7-9-22-49)34(12-8-10-23-50)42(43(35)45)36-27-33(14-16-39(36)57-45)56-44(51)47-37-15-13-32(52-3)28-40(37)53-4/h5,13-18,20-21,26-28,31,34,41-43,49-50H,1,6-12,19,22-25,29H2,2-4H3,(H,47,51)/t31-,34+,41-,42+,43+,45+/m0/s1. The fourth-order valence-electron chi connectivity index (χ4n) is 8.69. The van der Waals surface area contributed by atoms with Gasteiger partial charge < -0.3 is 38.7 Å². The van der Waals surface area contributed by atoms with E-state index in [9.17, 15) is 15.0 Å². The molecule has 1 aliphatic heterocycles. The number of ether oxygens (including phenoxy) is 5. The molecule has 312 valence electrons. The smallest absolute Gasteiger partial charge is 0.417 e. The average Bonchev–Trinajstić information content (AvgIpc) is 3.24. The van der Waals surface area contributed by atoms with E-state index in [1.54, 1.807) is 37.5 Å². The number of aryl methyl sites for hydroxylation is 1. The lowest BCUT2D eigenvalue weighted by atomic mass is 9.56. The molecule has 2 heterocycles. The van der Waals surface area contributed by atoms with Crippen LogP contribution < -0.4 is 24.3 Å². The third-order valence-corrected chi connectivity index (χ3v) is 12.6. The molecule has 2 aromatic carbocycles. The minimum Gasteiger partial charge on any atom is -0.497 e. The average molecular weight is 816 g/mol. The fraction of sp³-hybridized carbons (Fsp3) is 0.489. The molecular weight excluding hydrogens is 759 g/mol. The molecule has 2 aliphatic carbocycles. The van der Waals surface area contributed by atoms with Crippen LogP contribution in [0.25, 0.3) is 0 Å². The predicted octanol–water partition coefficient (Wildman–Crippen LogP) is 8.34. The second kappa shape index (κ2) is 20.9. The van der Waals surface area contributed by atoms with Gasteiger partial charge in [-0.1, -0.05) is 30.1 Å². The number of allylic oxidation sites excluding steroid dienone is 1. The van der Waals surface area contributed by atoms with E-state index in [0.29, 0.717) is 54.6 Å². The van der Waals surface area contributed by atoms with Crippen molar-refractivity contribution in [1.29, 1.82) is 0 Å². The van der Waals surface area contributed by atoms with Crippen LogP contribution in [0.3, 0.4) is 0 Å². The first-order valence-electron chi connectivity index (χ1n) is 20.3. The maximum Gasteiger partial charge on any atom is 0.417 e. The highest BCUT2D eigenvalue weighted by Crippen LogP contribution is 2.62. The van der Waals surface area contributed by atoms with Gasteiger partial charge in [-0.2, -0.15) is 11.8 Å². The predicted molar refractivity (Wildman–Crippen MR) is 226 cm³/mol. The van der Waals surface area contributed by atoms with Crippen LogP contribution in [0, 0.1) is 17.8 Å². The highest BCUT2D eigenvalue weighted by atomic mass is 32.2. The summed E-state index contributed by atoms with van der Waals surface area (Å²) in [5, 5.41) is 27.1. The van der Waals surface area contributed by atoms with E-state index in [4.69, 9.17) is 33.7 Å². The number of fused-ring (bicyclic) bond motifs is 2. The lowest BCUT2D eigenvalue weighted by Crippen LogP contribution is -2.64. The molecule has 1 amide bonds. The van der Waals surface area contributed by atoms with Gasteiger partial charge in [0, 0.05) is 49.6 Å². The molecule has 0 saturated heterocycles. The number of rotatable bonds is 21. The maximum absolute atomic E-state index is 13.4. The second-order valence-electron chi connectivity index (χ2n) is 14.7. The summed E-state index contributed by atoms with van der Waals surface area (Å²) in [6.45, 7) is 6.89. The monoisotopic (exact) mass is 815 g/mol. The first-order valence-corrected chi connectivity index (χ1v) is 21.4. The molecular formula is C45H57N3O9S. The summed E-state index contributed by atoms with van der Waals surface area (Å²) in [4.78, 5) is 23.5. The Labute approximate surface area is 346 Å². The SMILES string of the molecule is C=CCO[C@@]12Oc3ccc(OC(=O)Nc4ccc(OC)cc4OC)cc3[C@H]3[C@H](CCCCO)[C@@H](CCCCO)C=C(C(=NOCC)C[C@@H]1SCCc1ccncc1)[C@H]32. The Kier molecular flexibility index (Phi) is 15.5. The number of anilines is 1. The van der Waals surface area contributed by atoms with Crippen LogP contribution in [0.4, 0.5) is 10.5 Å². The van der Waals surface area contributed by atoms with Crippen LogP contribution in [-0.4, -0.2) is 84.4 Å². The number of nitrogens with zero attached hydrogens (tertiary/aromatic N) is 2. The minimum absolute atomic E-state index is 0.106. The van der Waals surface area contributed by atoms with Gasteiger partial charge in [0.25, 0.3) is 0 Å². The Bertz CT molecular complexity index is 1890. The van der Waals surface area contributed by atoms with Crippen molar-refractivity contribution in [1.82, 2.24) is 4.98 Å². The third kappa shape index (κ3) is 9.82. The van der Waals surface area contributed by atoms with Crippen LogP contribution in [0.2, 0.25) is 0 Å². The van der Waals surface area contributed by atoms with Crippen molar-refractivity contribution in [3.05, 3.63) is 96.4 Å². The largest absolute Gasteiger partial charge is 0.497 e. The zero-order valence-corrected chi connectivity index (χ0v) is 34.6. The molecule has 3 aliphatic rings. The molecule has 3 N–H and O–H groups in total. The van der Waals surface area contributed by atoms with Gasteiger partial charge in [0.2, 0.25) is 5.79 Å². The number of unbranched alkanes of at least 4 members (excludes halogenated alkanes) is 2. The number of carbonyl (C=O) groups excluding carboxylic acids is 1. The van der Waals surface area contributed by atoms with E-state index in [-0.39, 0.29) is 48.7 Å². The summed E-state index contributed by atoms with van der Waals surface area (Å²) in [5.41, 5.74) is 4.48. The van der Waals surface area contributed by atoms with Crippen molar-refractivity contribution in [2.24, 2.45) is 22.9 Å². The van der Waals surface area contributed by atoms with Crippen LogP contribution >= 0.6 is 11.8 Å². The van der Waals surface area contributed by atoms with Crippen molar-refractivity contribution < 1.29 is 43.5 Å². The third-order valence-electron chi connectivity index (χ3n) is 11.2. The van der Waals surface area contributed by atoms with E-state index in [1.807, 2.05) is 55.3 Å². The zero-order chi connectivity index (χ0) is 40.9. The molecule has 1 fully saturated rings. The molecule has 12 nitrogen and oxygen atoms in total. The number of thioether (sulfide) groups is 1. The van der Waals surface area contributed by atoms with Gasteiger partial charge >= 0.3 is 6.09 Å². The zero-order valence-electron chi connectivity index (χ0n) is 33.8. The Morgan fingerprint density at radius 2 is 1.81 bits per heavy atom. The maximum atomic E-state index is 13.4. The molecule has 0 spiro atoms. The Balaban J connectivity index is 1.45. The van der Waals surface area contributed by atoms with Crippen molar-refractivity contribution in [3.8, 4) is 23.0 Å². The lowest BCUT2D eigenvalue weighted by molar-refractivity contribution is -0.223. The Hall–Kier alpha value is -4.56. The van der Waals surface area contributed by atoms with Crippen molar-refractivity contribution in [2.45, 2.75) is 75.2 Å². The molecule has 1 saturated carbocycles. The number of hydrogen-bond donors (Lipinski definition) is 3. The molecule has 0 unspecified atom stereocenters. The normalized spacial score (nSPS) is 23.8. The number of nitrogens with one attached hydrogen (secondary N) is 1. The number of benzene rings is 2. The summed E-state index contributed by atoms with van der Waals surface area (Å²) < 4.78 is 31.0. The number of carbonyl (C=O) groups is 1. The molecule has 1 aromatic heterocycles. The van der Waals surface area contributed by atoms with E-state index in [0.717, 1.165) is 54.7 Å². The highest BCUT2D eigenvalue weighted by molar-refractivity contribution is 8.00. The first kappa shape index (κ1) is 43.0. The number of methoxy groups -OCH3 is 2. The molecule has 58 heavy (non-hydrogen) atoms. The van der Waals surface area contributed by atoms with Crippen LogP contribution in [0.5, 0.6) is 23.0 Å². The lowest BCUT2D eigenvalue weighted by Gasteiger charge is -2.58. The highest BCUT2D eigenvalue weighted by Gasteiger charge is 2.64. The molecule has 6 rings (SSSR count). The Morgan fingerprint density at radius 3 is 2.53 bits per heavy atom. The Morgan fingerprint density at radius 1 is 1.03 bits per heavy atom. The summed E-state index contributed by atoms with van der Waals surface area (Å²) in [6.07, 6.45) is 13.3. The van der Waals surface area contributed by atoms with Gasteiger partial charge in [0.15, 0.2) is 0 Å². The van der Waals surface area contributed by atoms with Gasteiger partial charge in [0.1, 0.15) is 29.6 Å². The molecule has 13 heteroatoms. The summed E-state index contributed by atoms with van der Waals surface area (Å²) in [6, 6.07) is 14.8. The topological polar surface area (TPSA) is 150 Å². The molecule has 0 radical (unpaired) electrons. The van der Waals surface area contributed by atoms with E-state index in [1.165, 1.54) is 12.7 Å². The van der Waals surface area contributed by atoms with Crippen LogP contribution in [0.1, 0.15) is 68.9 Å². The van der Waals surface area contributed by atoms with Crippen molar-refractivity contribution in [2.75, 3.05) is 51.7 Å². The van der Waals surface area contributed by atoms with Gasteiger partial charge in [-0.25, -0.2) is 4.79 Å². The van der Waals surface area contributed by atoms with Crippen molar-refractivity contribution in [3.63, 3.8) is 0 Å². The summed E-state index contributed by atoms with van der Waals surface area (Å²) >= 11 is 1.81. The van der Waals surface area contributed by atoms with Crippen LogP contribution in [0.15, 0.2) is 90.4 Å². The van der Waals surface area contributed by atoms with Crippen molar-refractivity contribution >= 4 is 29.3 Å². The molecule has 0 bridgehead atoms. The number of aliphatic hydroxyl groups excluding tert-OH is 2. The van der Waals surface area contributed by atoms with E-state index in [2.05, 4.69) is 23.0 Å². The van der Waals surface area contributed by atoms with Gasteiger partial charge in [-0.05, 0) is 110 Å². The van der Waals surface area contributed by atoms with Gasteiger partial charge in [-0.3, -0.25) is 10.3 Å². The van der Waals surface area contributed by atoms with Gasteiger partial charge in [-0.15, -0.1) is 6.58 Å². The number of aliphatic hydroxyl groups is 2. The number of aromatic nitrogens is 1. The number of amides is 1. The van der Waals surface area contributed by atoms with E-state index < -0.39 is 11.9 Å². The number of hydrogen-bond acceptors (Lipinski definition) is 12. The quantitative estimate of drug-likeness (QED) is 0.0541. The minimum atomic E-state index is -1.10. The summed E-state index contributed by atoms with van der Waals surface area (Å²) in [5.74, 6) is 1.56. The summed E-state index contributed by atoms with van der Waals surface area (Å²) in [7, 11) is 3.09. The number of pyridine rings is 1. The van der Waals surface area contributed by atoms with E-state index >= 15 is 0 Å². The first-order chi connectivity index (χ1) is 28.4. The molecule has 6 atom stereocenters.